The smallest absolute Gasteiger partial charge is 0.138 e. The van der Waals surface area contributed by atoms with Crippen LogP contribution in [0.1, 0.15) is 22.6 Å². The first-order valence-corrected chi connectivity index (χ1v) is 8.59. The number of nitrogens with zero attached hydrogens (tertiary/aromatic N) is 4. The third kappa shape index (κ3) is 3.09. The van der Waals surface area contributed by atoms with Crippen molar-refractivity contribution < 1.29 is 9.26 Å². The van der Waals surface area contributed by atoms with Crippen molar-refractivity contribution in [3.8, 4) is 0 Å². The zero-order chi connectivity index (χ0) is 16.5. The number of fused-ring (bicyclic) bond motifs is 1. The number of ether oxygens (including phenoxy) is 1. The topological polar surface area (TPSA) is 54.6 Å². The van der Waals surface area contributed by atoms with Gasteiger partial charge in [-0.1, -0.05) is 11.2 Å². The van der Waals surface area contributed by atoms with E-state index < -0.39 is 0 Å². The van der Waals surface area contributed by atoms with Crippen molar-refractivity contribution >= 4 is 0 Å². The molecule has 24 heavy (non-hydrogen) atoms. The van der Waals surface area contributed by atoms with E-state index in [1.807, 2.05) is 32.3 Å². The fourth-order valence-corrected chi connectivity index (χ4v) is 3.84. The van der Waals surface area contributed by atoms with E-state index in [-0.39, 0.29) is 6.10 Å². The molecule has 0 unspecified atom stereocenters. The van der Waals surface area contributed by atoms with Gasteiger partial charge in [-0.3, -0.25) is 14.8 Å². The lowest BCUT2D eigenvalue weighted by Gasteiger charge is -2.36. The maximum Gasteiger partial charge on any atom is 0.138 e. The van der Waals surface area contributed by atoms with E-state index >= 15 is 0 Å². The number of aromatic nitrogens is 2. The molecule has 6 nitrogen and oxygen atoms in total. The zero-order valence-corrected chi connectivity index (χ0v) is 14.3. The summed E-state index contributed by atoms with van der Waals surface area (Å²) in [6.45, 7) is 9.62. The van der Waals surface area contributed by atoms with E-state index in [1.165, 1.54) is 11.1 Å². The molecule has 0 spiro atoms. The molecule has 2 aromatic heterocycles. The number of rotatable bonds is 4. The van der Waals surface area contributed by atoms with Crippen LogP contribution < -0.4 is 0 Å². The molecule has 2 aromatic rings. The Bertz CT molecular complexity index is 668. The summed E-state index contributed by atoms with van der Waals surface area (Å²) in [6.07, 6.45) is 4.06. The Hall–Kier alpha value is -1.76. The Kier molecular flexibility index (Phi) is 4.35. The van der Waals surface area contributed by atoms with Gasteiger partial charge >= 0.3 is 0 Å². The zero-order valence-electron chi connectivity index (χ0n) is 14.3. The highest BCUT2D eigenvalue weighted by atomic mass is 16.5. The molecule has 0 saturated carbocycles. The minimum absolute atomic E-state index is 0.288. The number of aryl methyl sites for hydroxylation is 2. The molecule has 6 heteroatoms. The van der Waals surface area contributed by atoms with Crippen LogP contribution in [0, 0.1) is 13.8 Å². The summed E-state index contributed by atoms with van der Waals surface area (Å²) >= 11 is 0. The van der Waals surface area contributed by atoms with Gasteiger partial charge in [-0.15, -0.1) is 0 Å². The lowest BCUT2D eigenvalue weighted by molar-refractivity contribution is -0.0506. The molecular formula is C18H24N4O2. The third-order valence-electron chi connectivity index (χ3n) is 5.16. The first kappa shape index (κ1) is 15.7. The number of likely N-dealkylation sites (tertiary alicyclic amines) is 1. The molecule has 4 heterocycles. The van der Waals surface area contributed by atoms with Crippen LogP contribution in [-0.4, -0.2) is 58.3 Å². The minimum atomic E-state index is 0.288. The minimum Gasteiger partial charge on any atom is -0.374 e. The second-order valence-electron chi connectivity index (χ2n) is 6.81. The Morgan fingerprint density at radius 1 is 1.25 bits per heavy atom. The van der Waals surface area contributed by atoms with Crippen molar-refractivity contribution in [2.24, 2.45) is 0 Å². The largest absolute Gasteiger partial charge is 0.374 e. The quantitative estimate of drug-likeness (QED) is 0.853. The molecule has 2 fully saturated rings. The second kappa shape index (κ2) is 6.63. The maximum atomic E-state index is 6.04. The Morgan fingerprint density at radius 2 is 2.17 bits per heavy atom. The lowest BCUT2D eigenvalue weighted by Crippen LogP contribution is -2.50. The van der Waals surface area contributed by atoms with Crippen molar-refractivity contribution in [3.05, 3.63) is 47.1 Å². The second-order valence-corrected chi connectivity index (χ2v) is 6.81. The summed E-state index contributed by atoms with van der Waals surface area (Å²) in [5, 5.41) is 4.09. The van der Waals surface area contributed by atoms with Crippen LogP contribution in [0.4, 0.5) is 0 Å². The summed E-state index contributed by atoms with van der Waals surface area (Å²) < 4.78 is 11.4. The molecular weight excluding hydrogens is 304 g/mol. The van der Waals surface area contributed by atoms with E-state index in [0.717, 1.165) is 50.8 Å². The van der Waals surface area contributed by atoms with Crippen molar-refractivity contribution in [2.75, 3.05) is 26.2 Å². The first-order valence-electron chi connectivity index (χ1n) is 8.59. The molecule has 2 atom stereocenters. The van der Waals surface area contributed by atoms with Gasteiger partial charge in [0.05, 0.1) is 24.4 Å². The molecule has 0 N–H and O–H groups in total. The molecule has 0 bridgehead atoms. The first-order chi connectivity index (χ1) is 11.7. The highest BCUT2D eigenvalue weighted by Gasteiger charge is 2.40. The van der Waals surface area contributed by atoms with E-state index in [1.54, 1.807) is 0 Å². The molecule has 0 aromatic carbocycles. The summed E-state index contributed by atoms with van der Waals surface area (Å²) in [5.41, 5.74) is 3.48. The van der Waals surface area contributed by atoms with Gasteiger partial charge in [0.1, 0.15) is 5.76 Å². The molecule has 0 aliphatic carbocycles. The SMILES string of the molecule is Cc1noc(C)c1CN1CCO[C@H]2CN(Cc3cccnc3)C[C@H]21. The molecule has 2 saturated heterocycles. The maximum absolute atomic E-state index is 6.04. The molecule has 0 radical (unpaired) electrons. The number of pyridine rings is 1. The number of hydrogen-bond donors (Lipinski definition) is 0. The van der Waals surface area contributed by atoms with Gasteiger partial charge < -0.3 is 9.26 Å². The van der Waals surface area contributed by atoms with Crippen LogP contribution in [0.5, 0.6) is 0 Å². The van der Waals surface area contributed by atoms with Gasteiger partial charge in [0.2, 0.25) is 0 Å². The molecule has 2 aliphatic rings. The summed E-state index contributed by atoms with van der Waals surface area (Å²) in [4.78, 5) is 9.22. The van der Waals surface area contributed by atoms with E-state index in [4.69, 9.17) is 9.26 Å². The highest BCUT2D eigenvalue weighted by molar-refractivity contribution is 5.21. The number of hydrogen-bond acceptors (Lipinski definition) is 6. The molecule has 2 aliphatic heterocycles. The summed E-state index contributed by atoms with van der Waals surface area (Å²) in [6, 6.07) is 4.57. The predicted molar refractivity (Wildman–Crippen MR) is 89.4 cm³/mol. The summed E-state index contributed by atoms with van der Waals surface area (Å²) in [7, 11) is 0. The van der Waals surface area contributed by atoms with Crippen LogP contribution in [0.2, 0.25) is 0 Å². The van der Waals surface area contributed by atoms with Crippen LogP contribution in [0.3, 0.4) is 0 Å². The fourth-order valence-electron chi connectivity index (χ4n) is 3.84. The van der Waals surface area contributed by atoms with E-state index in [9.17, 15) is 0 Å². The van der Waals surface area contributed by atoms with E-state index in [2.05, 4.69) is 26.0 Å². The van der Waals surface area contributed by atoms with Gasteiger partial charge in [0.25, 0.3) is 0 Å². The Labute approximate surface area is 142 Å². The van der Waals surface area contributed by atoms with Crippen molar-refractivity contribution in [1.82, 2.24) is 19.9 Å². The molecule has 4 rings (SSSR count). The Balaban J connectivity index is 1.45. The standard InChI is InChI=1S/C18H24N4O2/c1-13-16(14(2)24-20-13)10-22-6-7-23-18-12-21(11-17(18)22)9-15-4-3-5-19-8-15/h3-5,8,17-18H,6-7,9-12H2,1-2H3/t17-,18+/m1/s1. The average Bonchev–Trinajstić information content (AvgIpc) is 3.14. The predicted octanol–water partition coefficient (Wildman–Crippen LogP) is 1.77. The number of morpholine rings is 1. The lowest BCUT2D eigenvalue weighted by atomic mass is 10.1. The monoisotopic (exact) mass is 328 g/mol. The van der Waals surface area contributed by atoms with Crippen molar-refractivity contribution in [1.29, 1.82) is 0 Å². The van der Waals surface area contributed by atoms with Gasteiger partial charge in [-0.05, 0) is 25.5 Å². The van der Waals surface area contributed by atoms with Crippen LogP contribution >= 0.6 is 0 Å². The van der Waals surface area contributed by atoms with Crippen LogP contribution in [0.15, 0.2) is 29.0 Å². The molecule has 0 amide bonds. The third-order valence-corrected chi connectivity index (χ3v) is 5.16. The fraction of sp³-hybridized carbons (Fsp3) is 0.556. The van der Waals surface area contributed by atoms with Gasteiger partial charge in [-0.2, -0.15) is 0 Å². The normalized spacial score (nSPS) is 25.1. The van der Waals surface area contributed by atoms with Crippen molar-refractivity contribution in [3.63, 3.8) is 0 Å². The van der Waals surface area contributed by atoms with Crippen LogP contribution in [0.25, 0.3) is 0 Å². The van der Waals surface area contributed by atoms with Crippen molar-refractivity contribution in [2.45, 2.75) is 39.1 Å². The van der Waals surface area contributed by atoms with Gasteiger partial charge in [0, 0.05) is 50.7 Å². The summed E-state index contributed by atoms with van der Waals surface area (Å²) in [5.74, 6) is 0.931. The average molecular weight is 328 g/mol. The molecule has 128 valence electrons. The van der Waals surface area contributed by atoms with Gasteiger partial charge in [0.15, 0.2) is 0 Å². The van der Waals surface area contributed by atoms with E-state index in [0.29, 0.717) is 6.04 Å². The highest BCUT2D eigenvalue weighted by Crippen LogP contribution is 2.27. The Morgan fingerprint density at radius 3 is 2.92 bits per heavy atom. The van der Waals surface area contributed by atoms with Gasteiger partial charge in [-0.25, -0.2) is 0 Å². The van der Waals surface area contributed by atoms with Crippen LogP contribution in [-0.2, 0) is 17.8 Å².